The predicted molar refractivity (Wildman–Crippen MR) is 86.2 cm³/mol. The van der Waals surface area contributed by atoms with Crippen LogP contribution in [0.2, 0.25) is 0 Å². The number of nitrogens with zero attached hydrogens (tertiary/aromatic N) is 3. The molecule has 0 bridgehead atoms. The lowest BCUT2D eigenvalue weighted by molar-refractivity contribution is 0.684. The van der Waals surface area contributed by atoms with E-state index in [1.54, 1.807) is 7.05 Å². The molecule has 0 aliphatic heterocycles. The second-order valence-electron chi connectivity index (χ2n) is 5.26. The zero-order chi connectivity index (χ0) is 15.1. The summed E-state index contributed by atoms with van der Waals surface area (Å²) in [5.41, 5.74) is 2.38. The standard InChI is InChI=1S/C16H23N5/c1-13(2)20-16(17-3)18-9-15-10-19-21(12-15)11-14-7-5-4-6-8-14/h4-8,10,12-13H,9,11H2,1-3H3,(H2,17,18,20). The third-order valence-electron chi connectivity index (χ3n) is 2.98. The van der Waals surface area contributed by atoms with E-state index in [4.69, 9.17) is 0 Å². The first-order valence-corrected chi connectivity index (χ1v) is 7.20. The zero-order valence-electron chi connectivity index (χ0n) is 12.9. The summed E-state index contributed by atoms with van der Waals surface area (Å²) in [5, 5.41) is 10.9. The van der Waals surface area contributed by atoms with E-state index in [-0.39, 0.29) is 0 Å². The summed E-state index contributed by atoms with van der Waals surface area (Å²) >= 11 is 0. The quantitative estimate of drug-likeness (QED) is 0.652. The van der Waals surface area contributed by atoms with Gasteiger partial charge in [0.05, 0.1) is 12.7 Å². The van der Waals surface area contributed by atoms with Gasteiger partial charge in [0.15, 0.2) is 5.96 Å². The largest absolute Gasteiger partial charge is 0.354 e. The van der Waals surface area contributed by atoms with Crippen LogP contribution < -0.4 is 10.6 Å². The predicted octanol–water partition coefficient (Wildman–Crippen LogP) is 2.00. The van der Waals surface area contributed by atoms with Crippen LogP contribution >= 0.6 is 0 Å². The molecule has 21 heavy (non-hydrogen) atoms. The van der Waals surface area contributed by atoms with E-state index in [0.717, 1.165) is 18.1 Å². The van der Waals surface area contributed by atoms with Crippen LogP contribution in [0.4, 0.5) is 0 Å². The highest BCUT2D eigenvalue weighted by Gasteiger charge is 2.03. The van der Waals surface area contributed by atoms with E-state index < -0.39 is 0 Å². The van der Waals surface area contributed by atoms with Gasteiger partial charge in [-0.15, -0.1) is 0 Å². The Labute approximate surface area is 126 Å². The van der Waals surface area contributed by atoms with Gasteiger partial charge in [-0.1, -0.05) is 30.3 Å². The molecule has 2 aromatic rings. The Bertz CT molecular complexity index is 571. The average Bonchev–Trinajstić information content (AvgIpc) is 2.91. The van der Waals surface area contributed by atoms with Gasteiger partial charge in [0.25, 0.3) is 0 Å². The van der Waals surface area contributed by atoms with Crippen molar-refractivity contribution in [1.82, 2.24) is 20.4 Å². The minimum atomic E-state index is 0.358. The van der Waals surface area contributed by atoms with Gasteiger partial charge in [-0.25, -0.2) is 0 Å². The Morgan fingerprint density at radius 3 is 2.67 bits per heavy atom. The van der Waals surface area contributed by atoms with Crippen molar-refractivity contribution in [3.63, 3.8) is 0 Å². The summed E-state index contributed by atoms with van der Waals surface area (Å²) in [6.07, 6.45) is 3.95. The van der Waals surface area contributed by atoms with Crippen LogP contribution in [-0.2, 0) is 13.1 Å². The number of guanidine groups is 1. The van der Waals surface area contributed by atoms with Crippen LogP contribution in [0.5, 0.6) is 0 Å². The lowest BCUT2D eigenvalue weighted by atomic mass is 10.2. The summed E-state index contributed by atoms with van der Waals surface area (Å²) in [7, 11) is 1.77. The van der Waals surface area contributed by atoms with Crippen molar-refractivity contribution in [1.29, 1.82) is 0 Å². The maximum atomic E-state index is 4.39. The average molecular weight is 285 g/mol. The molecule has 2 N–H and O–H groups in total. The smallest absolute Gasteiger partial charge is 0.191 e. The van der Waals surface area contributed by atoms with Crippen molar-refractivity contribution in [2.45, 2.75) is 33.0 Å². The van der Waals surface area contributed by atoms with Gasteiger partial charge in [-0.2, -0.15) is 5.10 Å². The molecule has 0 unspecified atom stereocenters. The minimum Gasteiger partial charge on any atom is -0.354 e. The van der Waals surface area contributed by atoms with Gasteiger partial charge in [-0.05, 0) is 19.4 Å². The molecule has 1 aromatic heterocycles. The lowest BCUT2D eigenvalue weighted by Crippen LogP contribution is -2.40. The molecule has 0 spiro atoms. The summed E-state index contributed by atoms with van der Waals surface area (Å²) < 4.78 is 1.95. The number of benzene rings is 1. The number of hydrogen-bond acceptors (Lipinski definition) is 2. The summed E-state index contributed by atoms with van der Waals surface area (Å²) in [4.78, 5) is 4.19. The van der Waals surface area contributed by atoms with Crippen LogP contribution in [-0.4, -0.2) is 28.8 Å². The molecule has 0 atom stereocenters. The summed E-state index contributed by atoms with van der Waals surface area (Å²) in [6, 6.07) is 10.7. The molecule has 0 aliphatic rings. The molecule has 0 saturated heterocycles. The molecule has 2 rings (SSSR count). The van der Waals surface area contributed by atoms with E-state index >= 15 is 0 Å². The van der Waals surface area contributed by atoms with E-state index in [1.165, 1.54) is 5.56 Å². The first-order chi connectivity index (χ1) is 10.2. The van der Waals surface area contributed by atoms with Crippen molar-refractivity contribution >= 4 is 5.96 Å². The van der Waals surface area contributed by atoms with Gasteiger partial charge in [-0.3, -0.25) is 9.67 Å². The Morgan fingerprint density at radius 2 is 2.00 bits per heavy atom. The first-order valence-electron chi connectivity index (χ1n) is 7.20. The molecule has 112 valence electrons. The van der Waals surface area contributed by atoms with Gasteiger partial charge in [0.1, 0.15) is 0 Å². The van der Waals surface area contributed by atoms with Gasteiger partial charge in [0, 0.05) is 31.4 Å². The van der Waals surface area contributed by atoms with E-state index in [9.17, 15) is 0 Å². The normalized spacial score (nSPS) is 11.7. The summed E-state index contributed by atoms with van der Waals surface area (Å²) in [6.45, 7) is 5.68. The molecule has 1 heterocycles. The van der Waals surface area contributed by atoms with Crippen LogP contribution in [0.15, 0.2) is 47.7 Å². The number of aliphatic imine (C=N–C) groups is 1. The van der Waals surface area contributed by atoms with E-state index in [2.05, 4.69) is 52.9 Å². The van der Waals surface area contributed by atoms with E-state index in [0.29, 0.717) is 12.6 Å². The van der Waals surface area contributed by atoms with Gasteiger partial charge < -0.3 is 10.6 Å². The number of rotatable bonds is 5. The number of aromatic nitrogens is 2. The minimum absolute atomic E-state index is 0.358. The lowest BCUT2D eigenvalue weighted by Gasteiger charge is -2.13. The SMILES string of the molecule is CN=C(NCc1cnn(Cc2ccccc2)c1)NC(C)C. The molecule has 5 heteroatoms. The molecule has 0 saturated carbocycles. The maximum Gasteiger partial charge on any atom is 0.191 e. The number of nitrogens with one attached hydrogen (secondary N) is 2. The Kier molecular flexibility index (Phi) is 5.37. The maximum absolute atomic E-state index is 4.39. The third kappa shape index (κ3) is 4.95. The van der Waals surface area contributed by atoms with Crippen molar-refractivity contribution in [3.05, 3.63) is 53.9 Å². The number of hydrogen-bond donors (Lipinski definition) is 2. The van der Waals surface area contributed by atoms with Gasteiger partial charge in [0.2, 0.25) is 0 Å². The van der Waals surface area contributed by atoms with Crippen molar-refractivity contribution in [2.24, 2.45) is 4.99 Å². The van der Waals surface area contributed by atoms with Crippen LogP contribution in [0.1, 0.15) is 25.0 Å². The fraction of sp³-hybridized carbons (Fsp3) is 0.375. The second kappa shape index (κ2) is 7.47. The van der Waals surface area contributed by atoms with Crippen molar-refractivity contribution in [3.8, 4) is 0 Å². The third-order valence-corrected chi connectivity index (χ3v) is 2.98. The molecular weight excluding hydrogens is 262 g/mol. The highest BCUT2D eigenvalue weighted by atomic mass is 15.3. The highest BCUT2D eigenvalue weighted by molar-refractivity contribution is 5.79. The monoisotopic (exact) mass is 285 g/mol. The zero-order valence-corrected chi connectivity index (χ0v) is 12.9. The molecule has 5 nitrogen and oxygen atoms in total. The fourth-order valence-electron chi connectivity index (χ4n) is 2.01. The molecule has 0 aliphatic carbocycles. The molecule has 0 amide bonds. The fourth-order valence-corrected chi connectivity index (χ4v) is 2.01. The van der Waals surface area contributed by atoms with Crippen molar-refractivity contribution < 1.29 is 0 Å². The van der Waals surface area contributed by atoms with E-state index in [1.807, 2.05) is 29.1 Å². The first kappa shape index (κ1) is 15.1. The second-order valence-corrected chi connectivity index (χ2v) is 5.26. The Morgan fingerprint density at radius 1 is 1.24 bits per heavy atom. The van der Waals surface area contributed by atoms with Crippen LogP contribution in [0, 0.1) is 0 Å². The Balaban J connectivity index is 1.88. The molecular formula is C16H23N5. The molecule has 1 aromatic carbocycles. The van der Waals surface area contributed by atoms with Gasteiger partial charge >= 0.3 is 0 Å². The van der Waals surface area contributed by atoms with Crippen molar-refractivity contribution in [2.75, 3.05) is 7.05 Å². The van der Waals surface area contributed by atoms with Crippen LogP contribution in [0.25, 0.3) is 0 Å². The molecule has 0 radical (unpaired) electrons. The summed E-state index contributed by atoms with van der Waals surface area (Å²) in [5.74, 6) is 0.806. The van der Waals surface area contributed by atoms with Crippen LogP contribution in [0.3, 0.4) is 0 Å². The highest BCUT2D eigenvalue weighted by Crippen LogP contribution is 2.03. The topological polar surface area (TPSA) is 54.2 Å². The Hall–Kier alpha value is -2.30. The molecule has 0 fully saturated rings.